The molecule has 12 heavy (non-hydrogen) atoms. The monoisotopic (exact) mass is 173 g/mol. The van der Waals surface area contributed by atoms with Gasteiger partial charge in [0.05, 0.1) is 12.2 Å². The molecular formula is C10H21O2. The third kappa shape index (κ3) is 4.73. The van der Waals surface area contributed by atoms with Crippen LogP contribution in [0.2, 0.25) is 0 Å². The summed E-state index contributed by atoms with van der Waals surface area (Å²) in [5.41, 5.74) is -0.364. The van der Waals surface area contributed by atoms with E-state index in [0.29, 0.717) is 0 Å². The summed E-state index contributed by atoms with van der Waals surface area (Å²) in [4.78, 5) is 0. The van der Waals surface area contributed by atoms with Gasteiger partial charge in [-0.2, -0.15) is 0 Å². The molecule has 2 heteroatoms. The molecule has 0 saturated carbocycles. The molecule has 0 rings (SSSR count). The van der Waals surface area contributed by atoms with E-state index in [1.165, 1.54) is 0 Å². The van der Waals surface area contributed by atoms with E-state index in [0.717, 1.165) is 32.3 Å². The highest BCUT2D eigenvalue weighted by atomic mass is 16.5. The van der Waals surface area contributed by atoms with Gasteiger partial charge in [0.1, 0.15) is 0 Å². The second-order valence-corrected chi connectivity index (χ2v) is 3.41. The third-order valence-corrected chi connectivity index (χ3v) is 1.99. The number of unbranched alkanes of at least 4 members (excludes halogenated alkanes) is 1. The van der Waals surface area contributed by atoms with E-state index in [9.17, 15) is 0 Å². The van der Waals surface area contributed by atoms with Crippen molar-refractivity contribution < 1.29 is 9.84 Å². The molecule has 1 unspecified atom stereocenters. The van der Waals surface area contributed by atoms with Gasteiger partial charge in [-0.05, 0) is 19.8 Å². The van der Waals surface area contributed by atoms with Crippen molar-refractivity contribution in [2.75, 3.05) is 13.2 Å². The van der Waals surface area contributed by atoms with Gasteiger partial charge in [0.15, 0.2) is 0 Å². The molecule has 0 aliphatic rings. The van der Waals surface area contributed by atoms with Crippen LogP contribution in [0.1, 0.15) is 39.5 Å². The minimum absolute atomic E-state index is 0.0895. The Hall–Kier alpha value is -0.0800. The lowest BCUT2D eigenvalue weighted by atomic mass is 10.0. The molecular weight excluding hydrogens is 152 g/mol. The average molecular weight is 173 g/mol. The number of hydrogen-bond donors (Lipinski definition) is 1. The van der Waals surface area contributed by atoms with Gasteiger partial charge < -0.3 is 9.84 Å². The Bertz CT molecular complexity index is 104. The van der Waals surface area contributed by atoms with Crippen molar-refractivity contribution >= 4 is 0 Å². The van der Waals surface area contributed by atoms with Crippen LogP contribution >= 0.6 is 0 Å². The van der Waals surface area contributed by atoms with Crippen LogP contribution in [0.15, 0.2) is 0 Å². The zero-order chi connectivity index (χ0) is 9.45. The smallest absolute Gasteiger partial charge is 0.0884 e. The zero-order valence-corrected chi connectivity index (χ0v) is 8.31. The number of rotatable bonds is 7. The van der Waals surface area contributed by atoms with Crippen LogP contribution in [0.5, 0.6) is 0 Å². The molecule has 0 heterocycles. The summed E-state index contributed by atoms with van der Waals surface area (Å²) < 4.78 is 5.57. The number of aliphatic hydroxyl groups excluding tert-OH is 1. The molecule has 0 spiro atoms. The van der Waals surface area contributed by atoms with Crippen molar-refractivity contribution in [1.82, 2.24) is 0 Å². The molecule has 0 fully saturated rings. The van der Waals surface area contributed by atoms with Crippen molar-refractivity contribution in [2.45, 2.75) is 45.1 Å². The van der Waals surface area contributed by atoms with Gasteiger partial charge in [0, 0.05) is 6.61 Å². The summed E-state index contributed by atoms with van der Waals surface area (Å²) in [6.07, 6.45) is 3.83. The van der Waals surface area contributed by atoms with E-state index in [1.54, 1.807) is 0 Å². The molecule has 1 radical (unpaired) electrons. The highest BCUT2D eigenvalue weighted by Crippen LogP contribution is 2.16. The summed E-state index contributed by atoms with van der Waals surface area (Å²) in [7, 11) is 0. The first-order chi connectivity index (χ1) is 5.68. The van der Waals surface area contributed by atoms with Gasteiger partial charge in [-0.15, -0.1) is 0 Å². The van der Waals surface area contributed by atoms with Crippen molar-refractivity contribution in [2.24, 2.45) is 0 Å². The van der Waals surface area contributed by atoms with E-state index >= 15 is 0 Å². The Morgan fingerprint density at radius 1 is 1.50 bits per heavy atom. The van der Waals surface area contributed by atoms with Crippen molar-refractivity contribution in [3.8, 4) is 0 Å². The summed E-state index contributed by atoms with van der Waals surface area (Å²) in [6.45, 7) is 8.65. The zero-order valence-electron chi connectivity index (χ0n) is 8.31. The molecule has 0 aromatic carbocycles. The van der Waals surface area contributed by atoms with Gasteiger partial charge in [0.2, 0.25) is 0 Å². The number of hydrogen-bond acceptors (Lipinski definition) is 2. The summed E-state index contributed by atoms with van der Waals surface area (Å²) in [6, 6.07) is 0. The highest BCUT2D eigenvalue weighted by Gasteiger charge is 2.22. The summed E-state index contributed by atoms with van der Waals surface area (Å²) >= 11 is 0. The molecule has 1 N–H and O–H groups in total. The Balaban J connectivity index is 3.63. The molecule has 0 bridgehead atoms. The van der Waals surface area contributed by atoms with Crippen LogP contribution in [0, 0.1) is 6.92 Å². The fourth-order valence-corrected chi connectivity index (χ4v) is 1.03. The maximum absolute atomic E-state index is 9.06. The predicted octanol–water partition coefficient (Wildman–Crippen LogP) is 2.17. The fourth-order valence-electron chi connectivity index (χ4n) is 1.03. The van der Waals surface area contributed by atoms with E-state index in [4.69, 9.17) is 9.84 Å². The molecule has 0 aromatic heterocycles. The van der Waals surface area contributed by atoms with E-state index in [1.807, 2.05) is 6.92 Å². The SMILES string of the molecule is [CH2]CCC(C)(CO)OCCCC. The lowest BCUT2D eigenvalue weighted by Gasteiger charge is -2.27. The molecule has 0 aromatic rings. The Labute approximate surface area is 75.9 Å². The Morgan fingerprint density at radius 2 is 2.17 bits per heavy atom. The van der Waals surface area contributed by atoms with Crippen LogP contribution in [0.4, 0.5) is 0 Å². The van der Waals surface area contributed by atoms with Crippen molar-refractivity contribution in [1.29, 1.82) is 0 Å². The second kappa shape index (κ2) is 6.44. The summed E-state index contributed by atoms with van der Waals surface area (Å²) in [5, 5.41) is 9.06. The lowest BCUT2D eigenvalue weighted by Crippen LogP contribution is -2.33. The van der Waals surface area contributed by atoms with Crippen LogP contribution < -0.4 is 0 Å². The largest absolute Gasteiger partial charge is 0.393 e. The minimum Gasteiger partial charge on any atom is -0.393 e. The second-order valence-electron chi connectivity index (χ2n) is 3.41. The van der Waals surface area contributed by atoms with Gasteiger partial charge in [-0.1, -0.05) is 26.7 Å². The van der Waals surface area contributed by atoms with Crippen LogP contribution in [-0.2, 0) is 4.74 Å². The normalized spacial score (nSPS) is 16.0. The molecule has 0 saturated heterocycles. The van der Waals surface area contributed by atoms with E-state index < -0.39 is 0 Å². The van der Waals surface area contributed by atoms with Crippen LogP contribution in [0.3, 0.4) is 0 Å². The number of ether oxygens (including phenoxy) is 1. The minimum atomic E-state index is -0.364. The standard InChI is InChI=1S/C10H21O2/c1-4-6-8-12-10(3,9-11)7-5-2/h11H,2,4-9H2,1,3H3. The lowest BCUT2D eigenvalue weighted by molar-refractivity contribution is -0.0721. The van der Waals surface area contributed by atoms with Gasteiger partial charge in [0.25, 0.3) is 0 Å². The Morgan fingerprint density at radius 3 is 2.58 bits per heavy atom. The molecule has 73 valence electrons. The molecule has 0 amide bonds. The molecule has 0 aliphatic heterocycles. The van der Waals surface area contributed by atoms with Crippen LogP contribution in [-0.4, -0.2) is 23.9 Å². The molecule has 2 nitrogen and oxygen atoms in total. The fraction of sp³-hybridized carbons (Fsp3) is 0.900. The van der Waals surface area contributed by atoms with E-state index in [2.05, 4.69) is 13.8 Å². The first-order valence-electron chi connectivity index (χ1n) is 4.72. The maximum Gasteiger partial charge on any atom is 0.0884 e. The first-order valence-corrected chi connectivity index (χ1v) is 4.72. The Kier molecular flexibility index (Phi) is 6.39. The van der Waals surface area contributed by atoms with Gasteiger partial charge in [-0.25, -0.2) is 0 Å². The van der Waals surface area contributed by atoms with Gasteiger partial charge in [-0.3, -0.25) is 0 Å². The first kappa shape index (κ1) is 11.9. The van der Waals surface area contributed by atoms with Crippen molar-refractivity contribution in [3.63, 3.8) is 0 Å². The molecule has 1 atom stereocenters. The van der Waals surface area contributed by atoms with Crippen LogP contribution in [0.25, 0.3) is 0 Å². The van der Waals surface area contributed by atoms with Gasteiger partial charge >= 0.3 is 0 Å². The average Bonchev–Trinajstić information content (AvgIpc) is 2.06. The number of aliphatic hydroxyl groups is 1. The molecule has 0 aliphatic carbocycles. The quantitative estimate of drug-likeness (QED) is 0.598. The topological polar surface area (TPSA) is 29.5 Å². The highest BCUT2D eigenvalue weighted by molar-refractivity contribution is 4.74. The predicted molar refractivity (Wildman–Crippen MR) is 50.9 cm³/mol. The third-order valence-electron chi connectivity index (χ3n) is 1.99. The maximum atomic E-state index is 9.06. The van der Waals surface area contributed by atoms with Crippen molar-refractivity contribution in [3.05, 3.63) is 6.92 Å². The summed E-state index contributed by atoms with van der Waals surface area (Å²) in [5.74, 6) is 0. The van der Waals surface area contributed by atoms with E-state index in [-0.39, 0.29) is 12.2 Å².